The van der Waals surface area contributed by atoms with Gasteiger partial charge in [-0.15, -0.1) is 0 Å². The first-order chi connectivity index (χ1) is 17.3. The van der Waals surface area contributed by atoms with Crippen LogP contribution in [0.2, 0.25) is 0 Å². The van der Waals surface area contributed by atoms with E-state index in [9.17, 15) is 23.6 Å². The van der Waals surface area contributed by atoms with E-state index >= 15 is 0 Å². The van der Waals surface area contributed by atoms with Crippen molar-refractivity contribution in [3.63, 3.8) is 0 Å². The molecule has 0 spiro atoms. The lowest BCUT2D eigenvalue weighted by atomic mass is 9.84. The molecule has 3 aromatic carbocycles. The van der Waals surface area contributed by atoms with Gasteiger partial charge < -0.3 is 14.9 Å². The van der Waals surface area contributed by atoms with Gasteiger partial charge in [-0.05, 0) is 46.5 Å². The number of aromatic carboxylic acids is 1. The minimum atomic E-state index is -1.01. The molecule has 0 aliphatic rings. The molecular formula is C28H22F2N2O4. The molecule has 1 unspecified atom stereocenters. The number of carboxylic acid groups (broad SMARTS) is 1. The number of carboxylic acids is 1. The number of benzene rings is 3. The Hall–Kier alpha value is -4.59. The van der Waals surface area contributed by atoms with Gasteiger partial charge in [0.25, 0.3) is 0 Å². The van der Waals surface area contributed by atoms with Crippen LogP contribution in [-0.2, 0) is 7.05 Å². The Morgan fingerprint density at radius 1 is 0.917 bits per heavy atom. The van der Waals surface area contributed by atoms with E-state index in [0.717, 1.165) is 17.2 Å². The maximum atomic E-state index is 14.9. The van der Waals surface area contributed by atoms with Gasteiger partial charge in [0.05, 0.1) is 11.3 Å². The van der Waals surface area contributed by atoms with Crippen molar-refractivity contribution in [2.45, 2.75) is 12.3 Å². The van der Waals surface area contributed by atoms with Crippen molar-refractivity contribution in [2.75, 3.05) is 0 Å². The van der Waals surface area contributed by atoms with E-state index in [1.165, 1.54) is 47.2 Å². The quantitative estimate of drug-likeness (QED) is 0.206. The number of aromatic nitrogens is 1. The average molecular weight is 488 g/mol. The van der Waals surface area contributed by atoms with E-state index in [1.807, 2.05) is 12.1 Å². The second-order valence-corrected chi connectivity index (χ2v) is 8.34. The number of oxime groups is 1. The van der Waals surface area contributed by atoms with Crippen LogP contribution >= 0.6 is 0 Å². The molecule has 182 valence electrons. The van der Waals surface area contributed by atoms with Crippen LogP contribution < -0.4 is 5.56 Å². The fourth-order valence-corrected chi connectivity index (χ4v) is 4.08. The highest BCUT2D eigenvalue weighted by molar-refractivity contribution is 6.00. The van der Waals surface area contributed by atoms with Gasteiger partial charge in [0.1, 0.15) is 11.6 Å². The zero-order valence-corrected chi connectivity index (χ0v) is 19.2. The molecule has 4 aromatic rings. The van der Waals surface area contributed by atoms with Crippen LogP contribution in [0, 0.1) is 11.6 Å². The molecule has 0 saturated heterocycles. The molecule has 1 atom stereocenters. The summed E-state index contributed by atoms with van der Waals surface area (Å²) in [5, 5.41) is 22.3. The number of rotatable bonds is 7. The maximum absolute atomic E-state index is 14.9. The molecule has 1 aromatic heterocycles. The molecule has 1 heterocycles. The number of nitrogens with zero attached hydrogens (tertiary/aromatic N) is 2. The lowest BCUT2D eigenvalue weighted by molar-refractivity contribution is 0.0697. The Labute approximate surface area is 205 Å². The van der Waals surface area contributed by atoms with Gasteiger partial charge >= 0.3 is 5.97 Å². The second kappa shape index (κ2) is 10.4. The number of aryl methyl sites for hydroxylation is 1. The largest absolute Gasteiger partial charge is 0.478 e. The molecule has 0 fully saturated rings. The van der Waals surface area contributed by atoms with E-state index in [1.54, 1.807) is 31.3 Å². The SMILES string of the molecule is Cn1cc(/C(CC(c2ccc(-c3ccc(C(=O)O)cc3)cc2)c2ccc(F)cc2F)=N/O)ccc1=O. The Bertz CT molecular complexity index is 1490. The van der Waals surface area contributed by atoms with Crippen LogP contribution in [0.1, 0.15) is 39.4 Å². The van der Waals surface area contributed by atoms with Crippen molar-refractivity contribution >= 4 is 11.7 Å². The van der Waals surface area contributed by atoms with Gasteiger partial charge in [0.2, 0.25) is 5.56 Å². The summed E-state index contributed by atoms with van der Waals surface area (Å²) >= 11 is 0. The monoisotopic (exact) mass is 488 g/mol. The molecule has 4 rings (SSSR count). The molecule has 2 N–H and O–H groups in total. The molecule has 0 saturated carbocycles. The van der Waals surface area contributed by atoms with Crippen LogP contribution in [0.4, 0.5) is 8.78 Å². The molecule has 0 aliphatic carbocycles. The van der Waals surface area contributed by atoms with E-state index < -0.39 is 23.5 Å². The number of pyridine rings is 1. The number of halogens is 2. The van der Waals surface area contributed by atoms with Crippen molar-refractivity contribution in [1.29, 1.82) is 0 Å². The van der Waals surface area contributed by atoms with Crippen molar-refractivity contribution in [1.82, 2.24) is 4.57 Å². The third kappa shape index (κ3) is 5.22. The first-order valence-corrected chi connectivity index (χ1v) is 11.0. The van der Waals surface area contributed by atoms with Crippen LogP contribution in [-0.4, -0.2) is 26.6 Å². The Morgan fingerprint density at radius 3 is 2.08 bits per heavy atom. The van der Waals surface area contributed by atoms with Gasteiger partial charge in [-0.25, -0.2) is 13.6 Å². The molecular weight excluding hydrogens is 466 g/mol. The van der Waals surface area contributed by atoms with Crippen molar-refractivity contribution in [2.24, 2.45) is 12.2 Å². The highest BCUT2D eigenvalue weighted by atomic mass is 19.1. The predicted octanol–water partition coefficient (Wildman–Crippen LogP) is 5.43. The van der Waals surface area contributed by atoms with E-state index in [2.05, 4.69) is 5.16 Å². The van der Waals surface area contributed by atoms with Gasteiger partial charge in [-0.1, -0.05) is 47.6 Å². The van der Waals surface area contributed by atoms with Crippen molar-refractivity contribution in [3.8, 4) is 11.1 Å². The minimum Gasteiger partial charge on any atom is -0.478 e. The van der Waals surface area contributed by atoms with Gasteiger partial charge in [-0.3, -0.25) is 4.79 Å². The van der Waals surface area contributed by atoms with Gasteiger partial charge in [0, 0.05) is 43.3 Å². The predicted molar refractivity (Wildman–Crippen MR) is 132 cm³/mol. The third-order valence-corrected chi connectivity index (χ3v) is 6.05. The maximum Gasteiger partial charge on any atom is 0.335 e. The van der Waals surface area contributed by atoms with Crippen LogP contribution in [0.5, 0.6) is 0 Å². The fraction of sp³-hybridized carbons (Fsp3) is 0.107. The molecule has 8 heteroatoms. The molecule has 0 amide bonds. The number of carbonyl (C=O) groups is 1. The molecule has 0 bridgehead atoms. The lowest BCUT2D eigenvalue weighted by Gasteiger charge is -2.20. The molecule has 36 heavy (non-hydrogen) atoms. The number of hydrogen-bond donors (Lipinski definition) is 2. The fourth-order valence-electron chi connectivity index (χ4n) is 4.08. The summed E-state index contributed by atoms with van der Waals surface area (Å²) < 4.78 is 29.9. The third-order valence-electron chi connectivity index (χ3n) is 6.05. The van der Waals surface area contributed by atoms with Crippen LogP contribution in [0.15, 0.2) is 95.0 Å². The normalized spacial score (nSPS) is 12.4. The van der Waals surface area contributed by atoms with E-state index in [0.29, 0.717) is 11.1 Å². The first-order valence-electron chi connectivity index (χ1n) is 11.0. The first kappa shape index (κ1) is 24.5. The van der Waals surface area contributed by atoms with Crippen LogP contribution in [0.3, 0.4) is 0 Å². The van der Waals surface area contributed by atoms with Crippen molar-refractivity contribution < 1.29 is 23.9 Å². The second-order valence-electron chi connectivity index (χ2n) is 8.34. The smallest absolute Gasteiger partial charge is 0.335 e. The topological polar surface area (TPSA) is 91.9 Å². The van der Waals surface area contributed by atoms with Crippen LogP contribution in [0.25, 0.3) is 11.1 Å². The summed E-state index contributed by atoms with van der Waals surface area (Å²) in [4.78, 5) is 22.9. The average Bonchev–Trinajstić information content (AvgIpc) is 2.87. The summed E-state index contributed by atoms with van der Waals surface area (Å²) in [7, 11) is 1.57. The summed E-state index contributed by atoms with van der Waals surface area (Å²) in [5.74, 6) is -3.08. The molecule has 0 radical (unpaired) electrons. The van der Waals surface area contributed by atoms with Gasteiger partial charge in [0.15, 0.2) is 0 Å². The summed E-state index contributed by atoms with van der Waals surface area (Å²) in [6.45, 7) is 0. The Morgan fingerprint density at radius 2 is 1.53 bits per heavy atom. The summed E-state index contributed by atoms with van der Waals surface area (Å²) in [6.07, 6.45) is 1.60. The highest BCUT2D eigenvalue weighted by Crippen LogP contribution is 2.33. The highest BCUT2D eigenvalue weighted by Gasteiger charge is 2.22. The lowest BCUT2D eigenvalue weighted by Crippen LogP contribution is -2.18. The van der Waals surface area contributed by atoms with Crippen molar-refractivity contribution in [3.05, 3.63) is 129 Å². The number of hydrogen-bond acceptors (Lipinski definition) is 4. The summed E-state index contributed by atoms with van der Waals surface area (Å²) in [5.41, 5.74) is 3.20. The zero-order valence-electron chi connectivity index (χ0n) is 19.2. The Balaban J connectivity index is 1.72. The molecule has 0 aliphatic heterocycles. The zero-order chi connectivity index (χ0) is 25.8. The summed E-state index contributed by atoms with van der Waals surface area (Å²) in [6, 6.07) is 19.9. The molecule has 6 nitrogen and oxygen atoms in total. The van der Waals surface area contributed by atoms with Gasteiger partial charge in [-0.2, -0.15) is 0 Å². The Kier molecular flexibility index (Phi) is 7.05. The van der Waals surface area contributed by atoms with E-state index in [-0.39, 0.29) is 28.8 Å². The van der Waals surface area contributed by atoms with E-state index in [4.69, 9.17) is 5.11 Å². The minimum absolute atomic E-state index is 0.0733. The standard InChI is InChI=1S/C28H22F2N2O4/c1-32-16-21(10-13-27(32)33)26(31-36)15-24(23-12-11-22(29)14-25(23)30)19-6-2-17(3-7-19)18-4-8-20(9-5-18)28(34)35/h2-14,16,24,36H,15H2,1H3,(H,34,35)/b31-26+.